The molecule has 0 radical (unpaired) electrons. The monoisotopic (exact) mass is 391 g/mol. The lowest BCUT2D eigenvalue weighted by Crippen LogP contribution is -2.11. The third kappa shape index (κ3) is 2.50. The summed E-state index contributed by atoms with van der Waals surface area (Å²) in [7, 11) is 0. The average Bonchev–Trinajstić information content (AvgIpc) is 2.97. The molecule has 3 rings (SSSR count). The molecule has 1 aliphatic carbocycles. The fourth-order valence-corrected chi connectivity index (χ4v) is 4.23. The van der Waals surface area contributed by atoms with Gasteiger partial charge in [0.1, 0.15) is 0 Å². The van der Waals surface area contributed by atoms with E-state index in [9.17, 15) is 4.79 Å². The van der Waals surface area contributed by atoms with Gasteiger partial charge in [0.05, 0.1) is 13.1 Å². The lowest BCUT2D eigenvalue weighted by atomic mass is 10.3. The van der Waals surface area contributed by atoms with Gasteiger partial charge < -0.3 is 4.42 Å². The van der Waals surface area contributed by atoms with Crippen LogP contribution in [0.15, 0.2) is 18.1 Å². The molecule has 1 amide bonds. The van der Waals surface area contributed by atoms with Crippen LogP contribution in [0.2, 0.25) is 0 Å². The highest BCUT2D eigenvalue weighted by atomic mass is 79.9. The first-order chi connectivity index (χ1) is 8.63. The zero-order valence-corrected chi connectivity index (χ0v) is 12.9. The van der Waals surface area contributed by atoms with Crippen molar-refractivity contribution in [3.63, 3.8) is 0 Å². The Hall–Kier alpha value is -0.730. The zero-order chi connectivity index (χ0) is 12.7. The van der Waals surface area contributed by atoms with E-state index >= 15 is 0 Å². The molecule has 5 nitrogen and oxygen atoms in total. The molecule has 0 aliphatic heterocycles. The number of thiophene rings is 1. The molecule has 8 heteroatoms. The molecule has 1 fully saturated rings. The number of carbonyl (C=O) groups is 1. The van der Waals surface area contributed by atoms with Crippen molar-refractivity contribution in [2.75, 3.05) is 5.32 Å². The molecule has 0 saturated heterocycles. The van der Waals surface area contributed by atoms with Gasteiger partial charge in [0.15, 0.2) is 0 Å². The highest BCUT2D eigenvalue weighted by molar-refractivity contribution is 9.12. The van der Waals surface area contributed by atoms with Crippen molar-refractivity contribution in [3.05, 3.63) is 25.1 Å². The normalized spacial score (nSPS) is 14.8. The summed E-state index contributed by atoms with van der Waals surface area (Å²) in [6.45, 7) is 0. The third-order valence-electron chi connectivity index (χ3n) is 2.49. The number of amides is 1. The summed E-state index contributed by atoms with van der Waals surface area (Å²) in [6, 6.07) is 1.89. The number of nitrogens with one attached hydrogen (secondary N) is 1. The van der Waals surface area contributed by atoms with E-state index in [4.69, 9.17) is 4.42 Å². The van der Waals surface area contributed by atoms with Gasteiger partial charge in [-0.2, -0.15) is 0 Å². The molecule has 2 heterocycles. The summed E-state index contributed by atoms with van der Waals surface area (Å²) in [6.07, 6.45) is 2.16. The molecule has 1 aliphatic rings. The largest absolute Gasteiger partial charge is 0.408 e. The Kier molecular flexibility index (Phi) is 3.25. The van der Waals surface area contributed by atoms with Crippen molar-refractivity contribution in [3.8, 4) is 0 Å². The number of halogens is 2. The van der Waals surface area contributed by atoms with Crippen LogP contribution in [0.5, 0.6) is 0 Å². The Balaban J connectivity index is 1.74. The first kappa shape index (κ1) is 12.3. The minimum absolute atomic E-state index is 0.149. The van der Waals surface area contributed by atoms with Crippen LogP contribution in [0.25, 0.3) is 0 Å². The van der Waals surface area contributed by atoms with E-state index in [2.05, 4.69) is 47.4 Å². The predicted molar refractivity (Wildman–Crippen MR) is 73.9 cm³/mol. The second kappa shape index (κ2) is 4.75. The molecular weight excluding hydrogens is 386 g/mol. The Morgan fingerprint density at radius 3 is 2.83 bits per heavy atom. The number of rotatable bonds is 3. The topological polar surface area (TPSA) is 68.0 Å². The maximum Gasteiger partial charge on any atom is 0.322 e. The van der Waals surface area contributed by atoms with E-state index in [1.165, 1.54) is 11.3 Å². The first-order valence-electron chi connectivity index (χ1n) is 5.23. The van der Waals surface area contributed by atoms with Crippen molar-refractivity contribution in [1.29, 1.82) is 0 Å². The molecule has 2 aromatic rings. The summed E-state index contributed by atoms with van der Waals surface area (Å²) in [5, 5.41) is 10.3. The summed E-state index contributed by atoms with van der Waals surface area (Å²) < 4.78 is 7.01. The standard InChI is InChI=1S/C10H7Br2N3O2S/c11-6-3-5(7(12)18-6)8(16)13-10-15-14-9(17-10)4-1-2-4/h3-4H,1-2H2,(H,13,15,16). The van der Waals surface area contributed by atoms with Crippen molar-refractivity contribution in [2.45, 2.75) is 18.8 Å². The van der Waals surface area contributed by atoms with Crippen LogP contribution in [-0.4, -0.2) is 16.1 Å². The van der Waals surface area contributed by atoms with Crippen LogP contribution < -0.4 is 5.32 Å². The molecule has 18 heavy (non-hydrogen) atoms. The molecule has 1 saturated carbocycles. The van der Waals surface area contributed by atoms with Crippen LogP contribution in [0.3, 0.4) is 0 Å². The predicted octanol–water partition coefficient (Wildman–Crippen LogP) is 3.79. The van der Waals surface area contributed by atoms with Gasteiger partial charge in [-0.05, 0) is 50.8 Å². The number of aromatic nitrogens is 2. The highest BCUT2D eigenvalue weighted by Gasteiger charge is 2.29. The van der Waals surface area contributed by atoms with Crippen LogP contribution in [0, 0.1) is 0 Å². The highest BCUT2D eigenvalue weighted by Crippen LogP contribution is 2.39. The molecule has 2 aromatic heterocycles. The number of nitrogens with zero attached hydrogens (tertiary/aromatic N) is 2. The van der Waals surface area contributed by atoms with E-state index in [1.807, 2.05) is 0 Å². The van der Waals surface area contributed by atoms with E-state index in [-0.39, 0.29) is 11.9 Å². The van der Waals surface area contributed by atoms with Gasteiger partial charge in [0, 0.05) is 5.92 Å². The van der Waals surface area contributed by atoms with Crippen molar-refractivity contribution < 1.29 is 9.21 Å². The van der Waals surface area contributed by atoms with Gasteiger partial charge in [-0.1, -0.05) is 5.10 Å². The fraction of sp³-hybridized carbons (Fsp3) is 0.300. The van der Waals surface area contributed by atoms with Crippen LogP contribution >= 0.6 is 43.2 Å². The molecule has 94 valence electrons. The van der Waals surface area contributed by atoms with E-state index in [0.29, 0.717) is 17.4 Å². The lowest BCUT2D eigenvalue weighted by Gasteiger charge is -1.97. The number of hydrogen-bond acceptors (Lipinski definition) is 5. The van der Waals surface area contributed by atoms with Gasteiger partial charge in [0.2, 0.25) is 5.89 Å². The molecule has 0 bridgehead atoms. The zero-order valence-electron chi connectivity index (χ0n) is 8.94. The lowest BCUT2D eigenvalue weighted by molar-refractivity contribution is 0.102. The second-order valence-electron chi connectivity index (χ2n) is 3.91. The van der Waals surface area contributed by atoms with Crippen molar-refractivity contribution >= 4 is 55.1 Å². The average molecular weight is 393 g/mol. The molecule has 0 spiro atoms. The van der Waals surface area contributed by atoms with Crippen LogP contribution in [0.1, 0.15) is 35.0 Å². The molecule has 0 aromatic carbocycles. The number of anilines is 1. The van der Waals surface area contributed by atoms with Gasteiger partial charge in [-0.25, -0.2) is 0 Å². The first-order valence-corrected chi connectivity index (χ1v) is 7.63. The summed E-state index contributed by atoms with van der Waals surface area (Å²) in [4.78, 5) is 12.0. The summed E-state index contributed by atoms with van der Waals surface area (Å²) in [5.41, 5.74) is 0.540. The molecule has 1 N–H and O–H groups in total. The Labute approximate surface area is 123 Å². The smallest absolute Gasteiger partial charge is 0.322 e. The Bertz CT molecular complexity index is 606. The van der Waals surface area contributed by atoms with E-state index in [1.54, 1.807) is 6.07 Å². The minimum atomic E-state index is -0.269. The fourth-order valence-electron chi connectivity index (χ4n) is 1.44. The van der Waals surface area contributed by atoms with Gasteiger partial charge in [-0.15, -0.1) is 16.4 Å². The number of hydrogen-bond donors (Lipinski definition) is 1. The van der Waals surface area contributed by atoms with Gasteiger partial charge in [-0.3, -0.25) is 10.1 Å². The van der Waals surface area contributed by atoms with Crippen molar-refractivity contribution in [2.24, 2.45) is 0 Å². The van der Waals surface area contributed by atoms with Gasteiger partial charge in [0.25, 0.3) is 5.91 Å². The maximum atomic E-state index is 12.0. The second-order valence-corrected chi connectivity index (χ2v) is 7.66. The summed E-state index contributed by atoms with van der Waals surface area (Å²) >= 11 is 8.09. The molecule has 0 atom stereocenters. The third-order valence-corrected chi connectivity index (χ3v) is 4.83. The van der Waals surface area contributed by atoms with Crippen LogP contribution in [-0.2, 0) is 0 Å². The summed E-state index contributed by atoms with van der Waals surface area (Å²) in [5.74, 6) is 0.718. The molecular formula is C10H7Br2N3O2S. The van der Waals surface area contributed by atoms with Gasteiger partial charge >= 0.3 is 6.01 Å². The minimum Gasteiger partial charge on any atom is -0.408 e. The Morgan fingerprint density at radius 2 is 2.22 bits per heavy atom. The van der Waals surface area contributed by atoms with Crippen molar-refractivity contribution in [1.82, 2.24) is 10.2 Å². The van der Waals surface area contributed by atoms with E-state index in [0.717, 1.165) is 20.4 Å². The maximum absolute atomic E-state index is 12.0. The quantitative estimate of drug-likeness (QED) is 0.862. The van der Waals surface area contributed by atoms with E-state index < -0.39 is 0 Å². The van der Waals surface area contributed by atoms with Crippen LogP contribution in [0.4, 0.5) is 6.01 Å². The molecule has 0 unspecified atom stereocenters. The number of carbonyl (C=O) groups excluding carboxylic acids is 1. The Morgan fingerprint density at radius 1 is 1.44 bits per heavy atom. The SMILES string of the molecule is O=C(Nc1nnc(C2CC2)o1)c1cc(Br)sc1Br.